The number of hydrogen-bond acceptors (Lipinski definition) is 4. The van der Waals surface area contributed by atoms with E-state index in [-0.39, 0.29) is 16.1 Å². The molecule has 1 rings (SSSR count). The molecule has 5 nitrogen and oxygen atoms in total. The zero-order valence-corrected chi connectivity index (χ0v) is 12.6. The Balaban J connectivity index is 3.27. The summed E-state index contributed by atoms with van der Waals surface area (Å²) in [5.74, 6) is -0.795. The Bertz CT molecular complexity index is 509. The van der Waals surface area contributed by atoms with E-state index in [9.17, 15) is 14.5 Å². The molecule has 1 aromatic rings. The van der Waals surface area contributed by atoms with Gasteiger partial charge in [-0.3, -0.25) is 10.1 Å². The van der Waals surface area contributed by atoms with Gasteiger partial charge in [-0.05, 0) is 24.9 Å². The zero-order chi connectivity index (χ0) is 15.5. The third-order valence-electron chi connectivity index (χ3n) is 3.11. The summed E-state index contributed by atoms with van der Waals surface area (Å²) in [4.78, 5) is 12.3. The van der Waals surface area contributed by atoms with E-state index in [0.717, 1.165) is 6.07 Å². The maximum atomic E-state index is 13.4. The van der Waals surface area contributed by atoms with E-state index in [1.807, 2.05) is 20.8 Å². The van der Waals surface area contributed by atoms with Crippen molar-refractivity contribution in [2.75, 3.05) is 24.5 Å². The molecule has 0 heterocycles. The van der Waals surface area contributed by atoms with Gasteiger partial charge in [0.25, 0.3) is 5.69 Å². The summed E-state index contributed by atoms with van der Waals surface area (Å²) in [7, 11) is 0. The molecule has 0 fully saturated rings. The van der Waals surface area contributed by atoms with E-state index in [1.165, 1.54) is 6.07 Å². The van der Waals surface area contributed by atoms with Crippen molar-refractivity contribution in [1.82, 2.24) is 0 Å². The number of nitrogens with two attached hydrogens (primary N) is 1. The monoisotopic (exact) mass is 303 g/mol. The van der Waals surface area contributed by atoms with Crippen LogP contribution in [-0.2, 0) is 0 Å². The van der Waals surface area contributed by atoms with Crippen LogP contribution in [0.5, 0.6) is 0 Å². The molecule has 112 valence electrons. The molecular weight excluding hydrogens is 285 g/mol. The lowest BCUT2D eigenvalue weighted by atomic mass is 9.93. The van der Waals surface area contributed by atoms with Gasteiger partial charge >= 0.3 is 0 Å². The van der Waals surface area contributed by atoms with Crippen molar-refractivity contribution in [3.05, 3.63) is 33.1 Å². The Morgan fingerprint density at radius 2 is 2.10 bits per heavy atom. The lowest BCUT2D eigenvalue weighted by Gasteiger charge is -2.32. The number of nitrogens with zero attached hydrogens (tertiary/aromatic N) is 2. The fraction of sp³-hybridized carbons (Fsp3) is 0.538. The van der Waals surface area contributed by atoms with Crippen molar-refractivity contribution in [2.24, 2.45) is 11.1 Å². The van der Waals surface area contributed by atoms with Crippen LogP contribution in [0.1, 0.15) is 20.8 Å². The van der Waals surface area contributed by atoms with E-state index in [0.29, 0.717) is 25.3 Å². The molecule has 7 heteroatoms. The van der Waals surface area contributed by atoms with Crippen molar-refractivity contribution in [3.8, 4) is 0 Å². The Morgan fingerprint density at radius 3 is 2.55 bits per heavy atom. The summed E-state index contributed by atoms with van der Waals surface area (Å²) in [6, 6.07) is 2.15. The molecule has 0 aromatic heterocycles. The van der Waals surface area contributed by atoms with Gasteiger partial charge in [0.15, 0.2) is 0 Å². The summed E-state index contributed by atoms with van der Waals surface area (Å²) in [5.41, 5.74) is 5.50. The Morgan fingerprint density at radius 1 is 1.50 bits per heavy atom. The van der Waals surface area contributed by atoms with Crippen LogP contribution in [0, 0.1) is 21.3 Å². The predicted molar refractivity (Wildman–Crippen MR) is 78.8 cm³/mol. The third kappa shape index (κ3) is 3.80. The van der Waals surface area contributed by atoms with Gasteiger partial charge in [-0.25, -0.2) is 4.39 Å². The molecule has 0 atom stereocenters. The smallest absolute Gasteiger partial charge is 0.295 e. The second-order valence-corrected chi connectivity index (χ2v) is 5.80. The largest absolute Gasteiger partial charge is 0.366 e. The zero-order valence-electron chi connectivity index (χ0n) is 11.8. The van der Waals surface area contributed by atoms with E-state index >= 15 is 0 Å². The Labute approximate surface area is 122 Å². The minimum atomic E-state index is -0.795. The van der Waals surface area contributed by atoms with Gasteiger partial charge < -0.3 is 10.6 Å². The van der Waals surface area contributed by atoms with Crippen molar-refractivity contribution >= 4 is 23.0 Å². The summed E-state index contributed by atoms with van der Waals surface area (Å²) in [6.07, 6.45) is 0. The molecule has 0 spiro atoms. The number of nitro benzene ring substituents is 1. The summed E-state index contributed by atoms with van der Waals surface area (Å²) in [6.45, 7) is 7.29. The summed E-state index contributed by atoms with van der Waals surface area (Å²) >= 11 is 5.75. The van der Waals surface area contributed by atoms with Crippen LogP contribution in [0.15, 0.2) is 12.1 Å². The van der Waals surface area contributed by atoms with Crippen LogP contribution < -0.4 is 10.6 Å². The first-order valence-corrected chi connectivity index (χ1v) is 6.68. The van der Waals surface area contributed by atoms with E-state index in [4.69, 9.17) is 17.3 Å². The Kier molecular flexibility index (Phi) is 5.30. The second kappa shape index (κ2) is 6.37. The molecule has 0 unspecified atom stereocenters. The molecule has 2 N–H and O–H groups in total. The van der Waals surface area contributed by atoms with E-state index in [2.05, 4.69) is 0 Å². The summed E-state index contributed by atoms with van der Waals surface area (Å²) < 4.78 is 13.4. The predicted octanol–water partition coefficient (Wildman–Crippen LogP) is 3.20. The lowest BCUT2D eigenvalue weighted by molar-refractivity contribution is -0.384. The highest BCUT2D eigenvalue weighted by Crippen LogP contribution is 2.34. The molecule has 0 aliphatic heterocycles. The molecule has 0 saturated heterocycles. The minimum absolute atomic E-state index is 0.130. The molecule has 1 aromatic carbocycles. The fourth-order valence-electron chi connectivity index (χ4n) is 1.87. The summed E-state index contributed by atoms with van der Waals surface area (Å²) in [5, 5.41) is 11.0. The molecule has 20 heavy (non-hydrogen) atoms. The van der Waals surface area contributed by atoms with Crippen LogP contribution in [-0.4, -0.2) is 24.6 Å². The molecule has 0 saturated carbocycles. The van der Waals surface area contributed by atoms with Gasteiger partial charge in [0.1, 0.15) is 11.5 Å². The van der Waals surface area contributed by atoms with E-state index < -0.39 is 10.7 Å². The molecule has 0 aliphatic rings. The average molecular weight is 304 g/mol. The molecule has 0 radical (unpaired) electrons. The highest BCUT2D eigenvalue weighted by atomic mass is 35.5. The highest BCUT2D eigenvalue weighted by molar-refractivity contribution is 6.31. The highest BCUT2D eigenvalue weighted by Gasteiger charge is 2.26. The number of hydrogen-bond donors (Lipinski definition) is 1. The number of halogens is 2. The van der Waals surface area contributed by atoms with Gasteiger partial charge in [0, 0.05) is 13.1 Å². The number of anilines is 1. The number of rotatable bonds is 6. The van der Waals surface area contributed by atoms with Gasteiger partial charge in [0.2, 0.25) is 0 Å². The molecule has 0 aliphatic carbocycles. The average Bonchev–Trinajstić information content (AvgIpc) is 2.38. The standard InChI is InChI=1S/C13H19ClFN3O2/c1-4-17(8-13(2,3)7-16)11-5-9(14)10(15)6-12(11)18(19)20/h5-6H,4,7-8,16H2,1-3H3. The van der Waals surface area contributed by atoms with Crippen molar-refractivity contribution < 1.29 is 9.31 Å². The van der Waals surface area contributed by atoms with Gasteiger partial charge in [-0.2, -0.15) is 0 Å². The van der Waals surface area contributed by atoms with Crippen molar-refractivity contribution in [1.29, 1.82) is 0 Å². The maximum absolute atomic E-state index is 13.4. The maximum Gasteiger partial charge on any atom is 0.295 e. The Hall–Kier alpha value is -1.40. The van der Waals surface area contributed by atoms with Crippen molar-refractivity contribution in [3.63, 3.8) is 0 Å². The van der Waals surface area contributed by atoms with E-state index in [1.54, 1.807) is 4.90 Å². The van der Waals surface area contributed by atoms with Crippen LogP contribution in [0.4, 0.5) is 15.8 Å². The SMILES string of the molecule is CCN(CC(C)(C)CN)c1cc(Cl)c(F)cc1[N+](=O)[O-]. The molecular formula is C13H19ClFN3O2. The topological polar surface area (TPSA) is 72.4 Å². The molecule has 0 bridgehead atoms. The quantitative estimate of drug-likeness (QED) is 0.647. The third-order valence-corrected chi connectivity index (χ3v) is 3.40. The van der Waals surface area contributed by atoms with Crippen LogP contribution in [0.25, 0.3) is 0 Å². The van der Waals surface area contributed by atoms with Crippen LogP contribution in [0.3, 0.4) is 0 Å². The normalized spacial score (nSPS) is 11.5. The minimum Gasteiger partial charge on any atom is -0.366 e. The fourth-order valence-corrected chi connectivity index (χ4v) is 2.03. The molecule has 0 amide bonds. The van der Waals surface area contributed by atoms with Crippen LogP contribution >= 0.6 is 11.6 Å². The first-order valence-electron chi connectivity index (χ1n) is 6.30. The van der Waals surface area contributed by atoms with Gasteiger partial charge in [-0.15, -0.1) is 0 Å². The first kappa shape index (κ1) is 16.7. The van der Waals surface area contributed by atoms with Crippen molar-refractivity contribution in [2.45, 2.75) is 20.8 Å². The van der Waals surface area contributed by atoms with Gasteiger partial charge in [0.05, 0.1) is 16.0 Å². The second-order valence-electron chi connectivity index (χ2n) is 5.39. The lowest BCUT2D eigenvalue weighted by Crippen LogP contribution is -2.39. The first-order chi connectivity index (χ1) is 9.21. The van der Waals surface area contributed by atoms with Crippen LogP contribution in [0.2, 0.25) is 5.02 Å². The number of nitro groups is 1. The van der Waals surface area contributed by atoms with Gasteiger partial charge in [-0.1, -0.05) is 25.4 Å². The number of benzene rings is 1.